The minimum atomic E-state index is -0.974. The number of anilines is 1. The molecule has 116 valence electrons. The van der Waals surface area contributed by atoms with E-state index in [2.05, 4.69) is 4.90 Å². The number of ether oxygens (including phenoxy) is 2. The molecule has 0 amide bonds. The maximum absolute atomic E-state index is 11.4. The number of benzene rings is 1. The molecule has 0 saturated carbocycles. The highest BCUT2D eigenvalue weighted by molar-refractivity contribution is 6.31. The maximum atomic E-state index is 11.4. The molecule has 0 bridgehead atoms. The molecular weight excluding hydrogens is 294 g/mol. The van der Waals surface area contributed by atoms with Crippen LogP contribution in [-0.4, -0.2) is 50.1 Å². The summed E-state index contributed by atoms with van der Waals surface area (Å²) >= 11 is 6.09. The summed E-state index contributed by atoms with van der Waals surface area (Å²) in [6.07, 6.45) is -0.0309. The van der Waals surface area contributed by atoms with Crippen LogP contribution in [0.4, 0.5) is 5.69 Å². The quantitative estimate of drug-likeness (QED) is 0.905. The van der Waals surface area contributed by atoms with Crippen LogP contribution in [0.15, 0.2) is 12.1 Å². The summed E-state index contributed by atoms with van der Waals surface area (Å²) < 4.78 is 11.0. The van der Waals surface area contributed by atoms with Crippen molar-refractivity contribution < 1.29 is 19.4 Å². The Morgan fingerprint density at radius 3 is 2.81 bits per heavy atom. The minimum Gasteiger partial charge on any atom is -0.478 e. The largest absolute Gasteiger partial charge is 0.478 e. The number of hydrogen-bond acceptors (Lipinski definition) is 4. The van der Waals surface area contributed by atoms with Crippen molar-refractivity contribution in [2.45, 2.75) is 26.0 Å². The predicted molar refractivity (Wildman–Crippen MR) is 81.6 cm³/mol. The lowest BCUT2D eigenvalue weighted by Crippen LogP contribution is -2.44. The number of carbonyl (C=O) groups is 1. The van der Waals surface area contributed by atoms with Gasteiger partial charge in [0.05, 0.1) is 24.8 Å². The van der Waals surface area contributed by atoms with Gasteiger partial charge >= 0.3 is 5.97 Å². The van der Waals surface area contributed by atoms with Crippen LogP contribution in [0.1, 0.15) is 22.8 Å². The number of halogens is 1. The molecule has 1 N–H and O–H groups in total. The van der Waals surface area contributed by atoms with Gasteiger partial charge in [-0.2, -0.15) is 0 Å². The number of nitrogens with zero attached hydrogens (tertiary/aromatic N) is 1. The molecule has 21 heavy (non-hydrogen) atoms. The van der Waals surface area contributed by atoms with E-state index in [-0.39, 0.29) is 17.7 Å². The molecule has 1 fully saturated rings. The second-order valence-corrected chi connectivity index (χ2v) is 5.50. The second kappa shape index (κ2) is 6.64. The molecule has 0 aliphatic carbocycles. The number of carboxylic acid groups (broad SMARTS) is 1. The molecule has 5 nitrogen and oxygen atoms in total. The zero-order valence-electron chi connectivity index (χ0n) is 12.4. The van der Waals surface area contributed by atoms with Crippen molar-refractivity contribution in [3.63, 3.8) is 0 Å². The summed E-state index contributed by atoms with van der Waals surface area (Å²) in [5.74, 6) is -0.974. The molecule has 2 rings (SSSR count). The third-order valence-corrected chi connectivity index (χ3v) is 4.15. The fourth-order valence-corrected chi connectivity index (χ4v) is 3.02. The first-order chi connectivity index (χ1) is 9.99. The zero-order valence-corrected chi connectivity index (χ0v) is 13.2. The number of methoxy groups -OCH3 is 1. The standard InChI is InChI=1S/C15H20ClNO4/c1-4-17(13-7-21-8-14(13)20-3)12-6-10(16)5-11(9(12)2)15(18)19/h5-6,13-14H,4,7-8H2,1-3H3,(H,18,19)/t13-,14-/m0/s1. The monoisotopic (exact) mass is 313 g/mol. The van der Waals surface area contributed by atoms with E-state index in [1.807, 2.05) is 6.92 Å². The van der Waals surface area contributed by atoms with Gasteiger partial charge in [-0.1, -0.05) is 11.6 Å². The highest BCUT2D eigenvalue weighted by Gasteiger charge is 2.34. The Labute approximate surface area is 129 Å². The van der Waals surface area contributed by atoms with Gasteiger partial charge in [0.1, 0.15) is 6.10 Å². The maximum Gasteiger partial charge on any atom is 0.336 e. The van der Waals surface area contributed by atoms with Crippen molar-refractivity contribution in [3.8, 4) is 0 Å². The van der Waals surface area contributed by atoms with Gasteiger partial charge in [-0.3, -0.25) is 0 Å². The van der Waals surface area contributed by atoms with Crippen molar-refractivity contribution in [3.05, 3.63) is 28.3 Å². The van der Waals surface area contributed by atoms with E-state index in [0.29, 0.717) is 30.3 Å². The molecule has 0 unspecified atom stereocenters. The van der Waals surface area contributed by atoms with E-state index in [9.17, 15) is 9.90 Å². The molecule has 1 aromatic carbocycles. The Hall–Kier alpha value is -1.30. The summed E-state index contributed by atoms with van der Waals surface area (Å²) in [5, 5.41) is 9.72. The number of rotatable bonds is 5. The third kappa shape index (κ3) is 3.15. The van der Waals surface area contributed by atoms with E-state index < -0.39 is 5.97 Å². The highest BCUT2D eigenvalue weighted by Crippen LogP contribution is 2.31. The summed E-state index contributed by atoms with van der Waals surface area (Å²) in [6.45, 7) is 5.64. The molecule has 1 aliphatic rings. The Bertz CT molecular complexity index is 535. The summed E-state index contributed by atoms with van der Waals surface area (Å²) in [4.78, 5) is 13.5. The van der Waals surface area contributed by atoms with Crippen LogP contribution < -0.4 is 4.90 Å². The van der Waals surface area contributed by atoms with Gasteiger partial charge < -0.3 is 19.5 Å². The summed E-state index contributed by atoms with van der Waals surface area (Å²) in [7, 11) is 1.66. The zero-order chi connectivity index (χ0) is 15.6. The van der Waals surface area contributed by atoms with Gasteiger partial charge in [0.2, 0.25) is 0 Å². The van der Waals surface area contributed by atoms with Crippen LogP contribution in [0, 0.1) is 6.92 Å². The topological polar surface area (TPSA) is 59.0 Å². The first-order valence-electron chi connectivity index (χ1n) is 6.90. The highest BCUT2D eigenvalue weighted by atomic mass is 35.5. The number of hydrogen-bond donors (Lipinski definition) is 1. The smallest absolute Gasteiger partial charge is 0.336 e. The Balaban J connectivity index is 2.45. The fourth-order valence-electron chi connectivity index (χ4n) is 2.81. The van der Waals surface area contributed by atoms with Crippen molar-refractivity contribution in [2.24, 2.45) is 0 Å². The second-order valence-electron chi connectivity index (χ2n) is 5.07. The van der Waals surface area contributed by atoms with E-state index in [0.717, 1.165) is 5.69 Å². The van der Waals surface area contributed by atoms with Gasteiger partial charge in [0, 0.05) is 24.4 Å². The Morgan fingerprint density at radius 2 is 2.24 bits per heavy atom. The third-order valence-electron chi connectivity index (χ3n) is 3.93. The number of aromatic carboxylic acids is 1. The molecule has 1 aromatic rings. The average molecular weight is 314 g/mol. The molecule has 1 saturated heterocycles. The van der Waals surface area contributed by atoms with Crippen LogP contribution in [0.5, 0.6) is 0 Å². The van der Waals surface area contributed by atoms with Crippen LogP contribution >= 0.6 is 11.6 Å². The molecular formula is C15H20ClNO4. The van der Waals surface area contributed by atoms with E-state index in [1.165, 1.54) is 6.07 Å². The first-order valence-corrected chi connectivity index (χ1v) is 7.28. The van der Waals surface area contributed by atoms with Crippen molar-refractivity contribution in [1.82, 2.24) is 0 Å². The van der Waals surface area contributed by atoms with Crippen LogP contribution in [0.2, 0.25) is 5.02 Å². The van der Waals surface area contributed by atoms with Gasteiger partial charge in [-0.05, 0) is 31.5 Å². The molecule has 0 radical (unpaired) electrons. The summed E-state index contributed by atoms with van der Waals surface area (Å²) in [5.41, 5.74) is 1.75. The van der Waals surface area contributed by atoms with Gasteiger partial charge in [-0.25, -0.2) is 4.79 Å². The Morgan fingerprint density at radius 1 is 1.52 bits per heavy atom. The van der Waals surface area contributed by atoms with Crippen molar-refractivity contribution >= 4 is 23.3 Å². The first kappa shape index (κ1) is 16.1. The van der Waals surface area contributed by atoms with Gasteiger partial charge in [-0.15, -0.1) is 0 Å². The van der Waals surface area contributed by atoms with E-state index in [4.69, 9.17) is 21.1 Å². The molecule has 1 aliphatic heterocycles. The van der Waals surface area contributed by atoms with Gasteiger partial charge in [0.25, 0.3) is 0 Å². The predicted octanol–water partition coefficient (Wildman–Crippen LogP) is 2.59. The van der Waals surface area contributed by atoms with Gasteiger partial charge in [0.15, 0.2) is 0 Å². The van der Waals surface area contributed by atoms with Crippen molar-refractivity contribution in [2.75, 3.05) is 31.8 Å². The minimum absolute atomic E-state index is 0.0309. The number of carboxylic acids is 1. The van der Waals surface area contributed by atoms with E-state index >= 15 is 0 Å². The molecule has 0 spiro atoms. The SMILES string of the molecule is CCN(c1cc(Cl)cc(C(=O)O)c1C)[C@H]1COC[C@@H]1OC. The lowest BCUT2D eigenvalue weighted by Gasteiger charge is -2.33. The lowest BCUT2D eigenvalue weighted by atomic mass is 10.0. The molecule has 1 heterocycles. The fraction of sp³-hybridized carbons (Fsp3) is 0.533. The summed E-state index contributed by atoms with van der Waals surface area (Å²) in [6, 6.07) is 3.34. The number of likely N-dealkylation sites (N-methyl/N-ethyl adjacent to an activating group) is 1. The molecule has 2 atom stereocenters. The molecule has 6 heteroatoms. The normalized spacial score (nSPS) is 21.5. The van der Waals surface area contributed by atoms with Crippen molar-refractivity contribution in [1.29, 1.82) is 0 Å². The molecule has 0 aromatic heterocycles. The van der Waals surface area contributed by atoms with Crippen LogP contribution in [-0.2, 0) is 9.47 Å². The van der Waals surface area contributed by atoms with Crippen LogP contribution in [0.25, 0.3) is 0 Å². The Kier molecular flexibility index (Phi) is 5.08. The lowest BCUT2D eigenvalue weighted by molar-refractivity contribution is 0.0696. The van der Waals surface area contributed by atoms with E-state index in [1.54, 1.807) is 20.1 Å². The van der Waals surface area contributed by atoms with Crippen LogP contribution in [0.3, 0.4) is 0 Å². The average Bonchev–Trinajstić information content (AvgIpc) is 2.91.